The highest BCUT2D eigenvalue weighted by atomic mass is 32.2. The zero-order valence-corrected chi connectivity index (χ0v) is 21.8. The van der Waals surface area contributed by atoms with Crippen LogP contribution in [-0.4, -0.2) is 71.8 Å². The number of benzene rings is 1. The Hall–Kier alpha value is -3.12. The normalized spacial score (nSPS) is 16.9. The van der Waals surface area contributed by atoms with Gasteiger partial charge < -0.3 is 4.90 Å². The third-order valence-electron chi connectivity index (χ3n) is 6.58. The maximum atomic E-state index is 15.2. The first-order chi connectivity index (χ1) is 17.7. The van der Waals surface area contributed by atoms with Gasteiger partial charge in [0.2, 0.25) is 10.0 Å². The fourth-order valence-electron chi connectivity index (χ4n) is 4.58. The van der Waals surface area contributed by atoms with Crippen molar-refractivity contribution in [2.75, 3.05) is 48.1 Å². The Kier molecular flexibility index (Phi) is 7.13. The van der Waals surface area contributed by atoms with Crippen LogP contribution in [0, 0.1) is 23.5 Å². The van der Waals surface area contributed by atoms with Gasteiger partial charge in [-0.3, -0.25) is 14.6 Å². The highest BCUT2D eigenvalue weighted by Gasteiger charge is 2.27. The molecule has 9 nitrogen and oxygen atoms in total. The van der Waals surface area contributed by atoms with E-state index in [4.69, 9.17) is 0 Å². The first-order valence-electron chi connectivity index (χ1n) is 12.5. The largest absolute Gasteiger partial charge is 0.368 e. The average Bonchev–Trinajstić information content (AvgIpc) is 3.53. The van der Waals surface area contributed by atoms with Gasteiger partial charge in [-0.1, -0.05) is 19.1 Å². The van der Waals surface area contributed by atoms with Gasteiger partial charge in [0, 0.05) is 44.5 Å². The lowest BCUT2D eigenvalue weighted by Crippen LogP contribution is -2.47. The van der Waals surface area contributed by atoms with Crippen molar-refractivity contribution < 1.29 is 17.2 Å². The summed E-state index contributed by atoms with van der Waals surface area (Å²) in [5.74, 6) is -1.44. The molecule has 37 heavy (non-hydrogen) atoms. The summed E-state index contributed by atoms with van der Waals surface area (Å²) in [6.45, 7) is 8.48. The number of aromatic nitrogens is 4. The Morgan fingerprint density at radius 3 is 2.57 bits per heavy atom. The van der Waals surface area contributed by atoms with Gasteiger partial charge in [-0.15, -0.1) is 5.10 Å². The quantitative estimate of drug-likeness (QED) is 0.451. The number of halogens is 2. The lowest BCUT2D eigenvalue weighted by atomic mass is 10.2. The highest BCUT2D eigenvalue weighted by Crippen LogP contribution is 2.31. The first kappa shape index (κ1) is 25.5. The average molecular weight is 532 g/mol. The van der Waals surface area contributed by atoms with Crippen LogP contribution >= 0.6 is 0 Å². The van der Waals surface area contributed by atoms with E-state index in [0.29, 0.717) is 11.3 Å². The molecule has 12 heteroatoms. The third kappa shape index (κ3) is 6.07. The van der Waals surface area contributed by atoms with Crippen LogP contribution in [-0.2, 0) is 10.0 Å². The van der Waals surface area contributed by atoms with Crippen LogP contribution in [0.1, 0.15) is 26.7 Å². The molecule has 2 aliphatic rings. The molecule has 3 heterocycles. The summed E-state index contributed by atoms with van der Waals surface area (Å²) in [5, 5.41) is 8.02. The van der Waals surface area contributed by atoms with Crippen LogP contribution in [0.15, 0.2) is 36.8 Å². The van der Waals surface area contributed by atoms with Gasteiger partial charge in [0.05, 0.1) is 29.5 Å². The zero-order valence-electron chi connectivity index (χ0n) is 20.9. The number of rotatable bonds is 9. The van der Waals surface area contributed by atoms with Crippen LogP contribution in [0.5, 0.6) is 0 Å². The van der Waals surface area contributed by atoms with E-state index >= 15 is 4.39 Å². The molecule has 1 aromatic carbocycles. The third-order valence-corrected chi connectivity index (χ3v) is 8.21. The molecule has 0 unspecified atom stereocenters. The minimum atomic E-state index is -3.80. The number of pyridine rings is 1. The van der Waals surface area contributed by atoms with Gasteiger partial charge in [-0.05, 0) is 42.9 Å². The Labute approximate surface area is 215 Å². The Morgan fingerprint density at radius 2 is 1.86 bits per heavy atom. The SMILES string of the molecule is CC(C)CS(=O)(=O)Nc1ccc(F)c(-n2cc(-c3cncc(N4CCN(CC5CC5)CC4)c3)nn2)c1F. The van der Waals surface area contributed by atoms with Crippen molar-refractivity contribution in [3.8, 4) is 16.9 Å². The monoisotopic (exact) mass is 531 g/mol. The maximum Gasteiger partial charge on any atom is 0.233 e. The Balaban J connectivity index is 1.34. The van der Waals surface area contributed by atoms with Crippen LogP contribution in [0.25, 0.3) is 16.9 Å². The summed E-state index contributed by atoms with van der Waals surface area (Å²) in [6, 6.07) is 4.00. The summed E-state index contributed by atoms with van der Waals surface area (Å²) in [4.78, 5) is 9.14. The maximum absolute atomic E-state index is 15.2. The second kappa shape index (κ2) is 10.3. The summed E-state index contributed by atoms with van der Waals surface area (Å²) in [5.41, 5.74) is 1.15. The van der Waals surface area contributed by atoms with E-state index in [0.717, 1.165) is 54.6 Å². The van der Waals surface area contributed by atoms with E-state index in [2.05, 4.69) is 29.8 Å². The van der Waals surface area contributed by atoms with Gasteiger partial charge >= 0.3 is 0 Å². The predicted octanol–water partition coefficient (Wildman–Crippen LogP) is 3.54. The van der Waals surface area contributed by atoms with Gasteiger partial charge in [0.25, 0.3) is 0 Å². The second-order valence-corrected chi connectivity index (χ2v) is 12.0. The van der Waals surface area contributed by atoms with Gasteiger partial charge in [0.1, 0.15) is 11.4 Å². The molecule has 2 aromatic heterocycles. The molecule has 1 N–H and O–H groups in total. The number of nitrogens with zero attached hydrogens (tertiary/aromatic N) is 6. The second-order valence-electron chi connectivity index (χ2n) is 10.2. The summed E-state index contributed by atoms with van der Waals surface area (Å²) in [7, 11) is -3.80. The van der Waals surface area contributed by atoms with Crippen molar-refractivity contribution >= 4 is 21.4 Å². The fraction of sp³-hybridized carbons (Fsp3) is 0.480. The molecule has 1 saturated carbocycles. The Bertz CT molecular complexity index is 1370. The van der Waals surface area contributed by atoms with Crippen LogP contribution < -0.4 is 9.62 Å². The van der Waals surface area contributed by atoms with Crippen molar-refractivity contribution in [1.29, 1.82) is 0 Å². The lowest BCUT2D eigenvalue weighted by Gasteiger charge is -2.36. The topological polar surface area (TPSA) is 96.2 Å². The van der Waals surface area contributed by atoms with Crippen LogP contribution in [0.3, 0.4) is 0 Å². The summed E-state index contributed by atoms with van der Waals surface area (Å²) < 4.78 is 57.7. The molecule has 198 valence electrons. The van der Waals surface area contributed by atoms with Crippen molar-refractivity contribution in [2.45, 2.75) is 26.7 Å². The van der Waals surface area contributed by atoms with E-state index < -0.39 is 27.3 Å². The molecule has 0 amide bonds. The van der Waals surface area contributed by atoms with E-state index in [1.807, 2.05) is 6.07 Å². The zero-order chi connectivity index (χ0) is 26.2. The van der Waals surface area contributed by atoms with Crippen LogP contribution in [0.4, 0.5) is 20.2 Å². The lowest BCUT2D eigenvalue weighted by molar-refractivity contribution is 0.248. The van der Waals surface area contributed by atoms with Gasteiger partial charge in [-0.25, -0.2) is 21.9 Å². The van der Waals surface area contributed by atoms with Crippen molar-refractivity contribution in [2.24, 2.45) is 11.8 Å². The number of hydrogen-bond donors (Lipinski definition) is 1. The van der Waals surface area contributed by atoms with E-state index in [9.17, 15) is 12.8 Å². The standard InChI is InChI=1S/C25H31F2N7O2S/c1-17(2)16-37(35,36)30-22-6-5-21(26)25(24(22)27)34-15-23(29-31-34)19-11-20(13-28-12-19)33-9-7-32(8-10-33)14-18-3-4-18/h5-6,11-13,15,17-18,30H,3-4,7-10,14,16H2,1-2H3. The number of sulfonamides is 1. The molecular formula is C25H31F2N7O2S. The molecule has 3 aromatic rings. The molecule has 1 aliphatic carbocycles. The number of nitrogens with one attached hydrogen (secondary N) is 1. The van der Waals surface area contributed by atoms with Gasteiger partial charge in [-0.2, -0.15) is 0 Å². The first-order valence-corrected chi connectivity index (χ1v) is 14.2. The van der Waals surface area contributed by atoms with E-state index in [-0.39, 0.29) is 17.4 Å². The molecule has 0 bridgehead atoms. The van der Waals surface area contributed by atoms with E-state index in [1.54, 1.807) is 26.2 Å². The molecule has 1 saturated heterocycles. The molecule has 2 fully saturated rings. The molecule has 0 atom stereocenters. The van der Waals surface area contributed by atoms with Crippen molar-refractivity contribution in [3.05, 3.63) is 48.4 Å². The summed E-state index contributed by atoms with van der Waals surface area (Å²) >= 11 is 0. The fourth-order valence-corrected chi connectivity index (χ4v) is 6.03. The molecule has 0 radical (unpaired) electrons. The van der Waals surface area contributed by atoms with Crippen LogP contribution in [0.2, 0.25) is 0 Å². The van der Waals surface area contributed by atoms with Crippen molar-refractivity contribution in [3.63, 3.8) is 0 Å². The highest BCUT2D eigenvalue weighted by molar-refractivity contribution is 7.92. The molecule has 0 spiro atoms. The van der Waals surface area contributed by atoms with Crippen molar-refractivity contribution in [1.82, 2.24) is 24.9 Å². The molecule has 5 rings (SSSR count). The Morgan fingerprint density at radius 1 is 1.11 bits per heavy atom. The van der Waals surface area contributed by atoms with E-state index in [1.165, 1.54) is 25.6 Å². The number of hydrogen-bond acceptors (Lipinski definition) is 7. The minimum Gasteiger partial charge on any atom is -0.368 e. The van der Waals surface area contributed by atoms with Gasteiger partial charge in [0.15, 0.2) is 11.6 Å². The molecular weight excluding hydrogens is 500 g/mol. The summed E-state index contributed by atoms with van der Waals surface area (Å²) in [6.07, 6.45) is 7.53. The smallest absolute Gasteiger partial charge is 0.233 e. The minimum absolute atomic E-state index is 0.158. The number of anilines is 2. The number of piperazine rings is 1. The predicted molar refractivity (Wildman–Crippen MR) is 138 cm³/mol. The molecule has 1 aliphatic heterocycles.